The van der Waals surface area contributed by atoms with Crippen molar-refractivity contribution in [3.63, 3.8) is 0 Å². The zero-order valence-electron chi connectivity index (χ0n) is 16.5. The molecule has 0 spiro atoms. The van der Waals surface area contributed by atoms with Gasteiger partial charge in [0.05, 0.1) is 6.61 Å². The first kappa shape index (κ1) is 21.4. The van der Waals surface area contributed by atoms with Gasteiger partial charge in [-0.1, -0.05) is 60.7 Å². The van der Waals surface area contributed by atoms with Crippen LogP contribution in [0.15, 0.2) is 60.7 Å². The van der Waals surface area contributed by atoms with E-state index in [0.717, 1.165) is 16.3 Å². The van der Waals surface area contributed by atoms with Crippen LogP contribution in [0.2, 0.25) is 0 Å². The Morgan fingerprint density at radius 2 is 1.61 bits per heavy atom. The molecule has 4 rings (SSSR count). The minimum atomic E-state index is -1.54. The van der Waals surface area contributed by atoms with Crippen LogP contribution in [0.1, 0.15) is 11.1 Å². The molecule has 1 saturated heterocycles. The Labute approximate surface area is 178 Å². The Kier molecular flexibility index (Phi) is 6.31. The first-order valence-electron chi connectivity index (χ1n) is 9.90. The maximum absolute atomic E-state index is 13.2. The molecule has 0 aromatic heterocycles. The molecule has 4 N–H and O–H groups in total. The topological polar surface area (TPSA) is 99.4 Å². The zero-order valence-corrected chi connectivity index (χ0v) is 16.5. The highest BCUT2D eigenvalue weighted by molar-refractivity contribution is 5.93. The van der Waals surface area contributed by atoms with Crippen LogP contribution in [0.5, 0.6) is 5.75 Å². The van der Waals surface area contributed by atoms with E-state index in [2.05, 4.69) is 0 Å². The van der Waals surface area contributed by atoms with E-state index in [1.165, 1.54) is 12.1 Å². The Hall–Kier alpha value is -2.81. The molecule has 1 heterocycles. The molecule has 0 saturated carbocycles. The van der Waals surface area contributed by atoms with Gasteiger partial charge in [0.15, 0.2) is 0 Å². The number of fused-ring (bicyclic) bond motifs is 1. The van der Waals surface area contributed by atoms with E-state index in [1.54, 1.807) is 24.3 Å². The van der Waals surface area contributed by atoms with E-state index in [4.69, 9.17) is 9.47 Å². The van der Waals surface area contributed by atoms with Crippen LogP contribution in [0, 0.1) is 5.82 Å². The van der Waals surface area contributed by atoms with Crippen molar-refractivity contribution in [2.24, 2.45) is 0 Å². The molecule has 3 aromatic rings. The lowest BCUT2D eigenvalue weighted by Gasteiger charge is -2.39. The van der Waals surface area contributed by atoms with E-state index in [1.807, 2.05) is 36.4 Å². The average Bonchev–Trinajstić information content (AvgIpc) is 2.79. The van der Waals surface area contributed by atoms with Gasteiger partial charge in [-0.05, 0) is 23.1 Å². The van der Waals surface area contributed by atoms with E-state index < -0.39 is 37.3 Å². The van der Waals surface area contributed by atoms with Crippen LogP contribution >= 0.6 is 0 Å². The van der Waals surface area contributed by atoms with Crippen molar-refractivity contribution in [3.05, 3.63) is 77.6 Å². The summed E-state index contributed by atoms with van der Waals surface area (Å²) in [6.45, 7) is -0.544. The molecule has 0 bridgehead atoms. The monoisotopic (exact) mass is 426 g/mol. The number of benzene rings is 3. The largest absolute Gasteiger partial charge is 0.461 e. The number of rotatable bonds is 5. The normalized spacial score (nSPS) is 26.4. The van der Waals surface area contributed by atoms with Crippen molar-refractivity contribution in [1.82, 2.24) is 0 Å². The van der Waals surface area contributed by atoms with E-state index in [-0.39, 0.29) is 5.82 Å². The highest BCUT2D eigenvalue weighted by Crippen LogP contribution is 2.34. The highest BCUT2D eigenvalue weighted by atomic mass is 19.1. The Balaban J connectivity index is 1.71. The third-order valence-corrected chi connectivity index (χ3v) is 5.32. The lowest BCUT2D eigenvalue weighted by atomic mass is 9.99. The Morgan fingerprint density at radius 1 is 0.871 bits per heavy atom. The molecule has 7 heteroatoms. The predicted octanol–water partition coefficient (Wildman–Crippen LogP) is 2.33. The molecule has 0 radical (unpaired) electrons. The van der Waals surface area contributed by atoms with Gasteiger partial charge < -0.3 is 29.9 Å². The van der Waals surface area contributed by atoms with Crippen LogP contribution in [-0.2, 0) is 4.74 Å². The second-order valence-electron chi connectivity index (χ2n) is 7.41. The number of aliphatic hydroxyl groups is 4. The van der Waals surface area contributed by atoms with Gasteiger partial charge in [-0.15, -0.1) is 0 Å². The number of hydrogen-bond acceptors (Lipinski definition) is 6. The van der Waals surface area contributed by atoms with Crippen molar-refractivity contribution < 1.29 is 34.3 Å². The molecule has 1 fully saturated rings. The van der Waals surface area contributed by atoms with Gasteiger partial charge in [0.25, 0.3) is 0 Å². The van der Waals surface area contributed by atoms with Gasteiger partial charge in [-0.25, -0.2) is 4.39 Å². The van der Waals surface area contributed by atoms with Crippen LogP contribution in [0.25, 0.3) is 22.9 Å². The van der Waals surface area contributed by atoms with Gasteiger partial charge in [-0.3, -0.25) is 0 Å². The number of ether oxygens (including phenoxy) is 2. The zero-order chi connectivity index (χ0) is 22.0. The summed E-state index contributed by atoms with van der Waals surface area (Å²) in [5.74, 6) is 0.0790. The van der Waals surface area contributed by atoms with E-state index in [9.17, 15) is 24.8 Å². The minimum Gasteiger partial charge on any atom is -0.461 e. The van der Waals surface area contributed by atoms with Gasteiger partial charge >= 0.3 is 0 Å². The van der Waals surface area contributed by atoms with E-state index >= 15 is 0 Å². The fourth-order valence-electron chi connectivity index (χ4n) is 3.56. The summed E-state index contributed by atoms with van der Waals surface area (Å²) >= 11 is 0. The van der Waals surface area contributed by atoms with Crippen molar-refractivity contribution in [2.75, 3.05) is 6.61 Å². The number of hydrogen-bond donors (Lipinski definition) is 4. The van der Waals surface area contributed by atoms with Crippen LogP contribution < -0.4 is 4.74 Å². The molecule has 1 aliphatic heterocycles. The van der Waals surface area contributed by atoms with Crippen molar-refractivity contribution >= 4 is 22.9 Å². The molecular formula is C24H23FO6. The Morgan fingerprint density at radius 3 is 2.35 bits per heavy atom. The summed E-state index contributed by atoms with van der Waals surface area (Å²) in [7, 11) is 0. The van der Waals surface area contributed by atoms with Gasteiger partial charge in [0.1, 0.15) is 36.0 Å². The molecular weight excluding hydrogens is 403 g/mol. The molecule has 5 atom stereocenters. The third kappa shape index (κ3) is 4.46. The first-order chi connectivity index (χ1) is 15.0. The molecule has 162 valence electrons. The average molecular weight is 426 g/mol. The lowest BCUT2D eigenvalue weighted by molar-refractivity contribution is -0.277. The quantitative estimate of drug-likeness (QED) is 0.468. The van der Waals surface area contributed by atoms with Crippen LogP contribution in [0.4, 0.5) is 4.39 Å². The highest BCUT2D eigenvalue weighted by Gasteiger charge is 2.45. The van der Waals surface area contributed by atoms with Crippen molar-refractivity contribution in [1.29, 1.82) is 0 Å². The third-order valence-electron chi connectivity index (χ3n) is 5.32. The van der Waals surface area contributed by atoms with Gasteiger partial charge in [0, 0.05) is 10.9 Å². The summed E-state index contributed by atoms with van der Waals surface area (Å²) in [4.78, 5) is 0. The number of aliphatic hydroxyl groups excluding tert-OH is 4. The fraction of sp³-hybridized carbons (Fsp3) is 0.250. The maximum atomic E-state index is 13.2. The van der Waals surface area contributed by atoms with Crippen LogP contribution in [0.3, 0.4) is 0 Å². The second-order valence-corrected chi connectivity index (χ2v) is 7.41. The minimum absolute atomic E-state index is 0.325. The fourth-order valence-corrected chi connectivity index (χ4v) is 3.56. The summed E-state index contributed by atoms with van der Waals surface area (Å²) < 4.78 is 24.7. The van der Waals surface area contributed by atoms with Gasteiger partial charge in [-0.2, -0.15) is 0 Å². The molecule has 3 aromatic carbocycles. The van der Waals surface area contributed by atoms with Crippen LogP contribution in [-0.4, -0.2) is 57.7 Å². The maximum Gasteiger partial charge on any atom is 0.229 e. The predicted molar refractivity (Wildman–Crippen MR) is 114 cm³/mol. The summed E-state index contributed by atoms with van der Waals surface area (Å²) in [6, 6.07) is 17.3. The molecule has 1 unspecified atom stereocenters. The lowest BCUT2D eigenvalue weighted by Crippen LogP contribution is -2.60. The van der Waals surface area contributed by atoms with Crippen molar-refractivity contribution in [3.8, 4) is 5.75 Å². The SMILES string of the molecule is OC[C@H]1OC(Oc2c(/C=C/c3ccc(F)cc3)ccc3ccccc23)[C@H](O)[C@@H](O)[C@@H]1O. The summed E-state index contributed by atoms with van der Waals surface area (Å²) in [5, 5.41) is 41.6. The smallest absolute Gasteiger partial charge is 0.229 e. The summed E-state index contributed by atoms with van der Waals surface area (Å²) in [6.07, 6.45) is -3.32. The molecule has 1 aliphatic rings. The Bertz CT molecular complexity index is 1070. The second kappa shape index (κ2) is 9.13. The first-order valence-corrected chi connectivity index (χ1v) is 9.90. The molecule has 31 heavy (non-hydrogen) atoms. The summed E-state index contributed by atoms with van der Waals surface area (Å²) in [5.41, 5.74) is 1.45. The standard InChI is InChI=1S/C24H23FO6/c25-17-11-6-14(7-12-17)5-8-16-10-9-15-3-1-2-4-18(15)23(16)31-24-22(29)21(28)20(27)19(13-26)30-24/h1-12,19-22,24,26-29H,13H2/b8-5+/t19-,20-,21+,22-,24?/m1/s1. The van der Waals surface area contributed by atoms with Crippen molar-refractivity contribution in [2.45, 2.75) is 30.7 Å². The van der Waals surface area contributed by atoms with Gasteiger partial charge in [0.2, 0.25) is 6.29 Å². The van der Waals surface area contributed by atoms with E-state index in [0.29, 0.717) is 11.3 Å². The molecule has 0 amide bonds. The molecule has 6 nitrogen and oxygen atoms in total. The molecule has 0 aliphatic carbocycles. The number of halogens is 1.